The van der Waals surface area contributed by atoms with Gasteiger partial charge in [-0.25, -0.2) is 0 Å². The van der Waals surface area contributed by atoms with Crippen molar-refractivity contribution >= 4 is 103 Å². The molecule has 0 bridgehead atoms. The van der Waals surface area contributed by atoms with Crippen LogP contribution in [0.4, 0.5) is 17.1 Å². The van der Waals surface area contributed by atoms with Gasteiger partial charge in [0.05, 0.1) is 16.7 Å². The first-order valence-corrected chi connectivity index (χ1v) is 18.3. The van der Waals surface area contributed by atoms with Gasteiger partial charge in [-0.15, -0.1) is 11.3 Å². The smallest absolute Gasteiger partial charge is 0.0546 e. The monoisotopic (exact) mass is 666 g/mol. The Morgan fingerprint density at radius 2 is 0.961 bits per heavy atom. The number of benzene rings is 9. The van der Waals surface area contributed by atoms with Crippen molar-refractivity contribution in [2.75, 3.05) is 4.90 Å². The van der Waals surface area contributed by atoms with Crippen LogP contribution in [0.25, 0.3) is 80.0 Å². The second kappa shape index (κ2) is 11.0. The Morgan fingerprint density at radius 1 is 0.353 bits per heavy atom. The molecular formula is C48H30N2S. The molecule has 11 rings (SSSR count). The fourth-order valence-corrected chi connectivity index (χ4v) is 9.35. The number of fused-ring (bicyclic) bond motifs is 11. The predicted molar refractivity (Wildman–Crippen MR) is 221 cm³/mol. The van der Waals surface area contributed by atoms with Crippen molar-refractivity contribution < 1.29 is 0 Å². The minimum atomic E-state index is 1.13. The Hall–Kier alpha value is -6.42. The van der Waals surface area contributed by atoms with Crippen LogP contribution in [0, 0.1) is 0 Å². The largest absolute Gasteiger partial charge is 0.310 e. The van der Waals surface area contributed by atoms with Crippen LogP contribution in [0.2, 0.25) is 0 Å². The fraction of sp³-hybridized carbons (Fsp3) is 0. The molecule has 0 unspecified atom stereocenters. The van der Waals surface area contributed by atoms with Crippen LogP contribution in [0.15, 0.2) is 182 Å². The van der Waals surface area contributed by atoms with E-state index in [4.69, 9.17) is 0 Å². The van der Waals surface area contributed by atoms with Crippen LogP contribution in [0.3, 0.4) is 0 Å². The van der Waals surface area contributed by atoms with Gasteiger partial charge in [0.15, 0.2) is 0 Å². The van der Waals surface area contributed by atoms with Crippen molar-refractivity contribution in [1.82, 2.24) is 4.57 Å². The van der Waals surface area contributed by atoms with Crippen LogP contribution >= 0.6 is 11.3 Å². The van der Waals surface area contributed by atoms with Gasteiger partial charge in [-0.1, -0.05) is 115 Å². The molecule has 3 heteroatoms. The summed E-state index contributed by atoms with van der Waals surface area (Å²) in [7, 11) is 0. The van der Waals surface area contributed by atoms with Crippen molar-refractivity contribution in [3.05, 3.63) is 182 Å². The zero-order valence-electron chi connectivity index (χ0n) is 27.6. The molecule has 51 heavy (non-hydrogen) atoms. The van der Waals surface area contributed by atoms with Gasteiger partial charge >= 0.3 is 0 Å². The Bertz CT molecular complexity index is 3150. The first kappa shape index (κ1) is 28.4. The quantitative estimate of drug-likeness (QED) is 0.170. The highest BCUT2D eigenvalue weighted by atomic mass is 32.1. The standard InChI is InChI=1S/C48H30N2S/c1-2-13-32(14-3-1)50-44-20-10-8-18-39(44)42-28-33(23-26-45(42)50)49(34-24-27-48-43(29-34)40-19-9-11-21-47(40)51-48)46-30-41-35-15-5-4-12-31(35)22-25-37(41)36-16-6-7-17-38(36)46/h1-30H. The predicted octanol–water partition coefficient (Wildman–Crippen LogP) is 14.1. The van der Waals surface area contributed by atoms with Gasteiger partial charge in [-0.05, 0) is 93.7 Å². The SMILES string of the molecule is c1ccc(-n2c3ccccc3c3cc(N(c4ccc5sc6ccccc6c5c4)c4cc5c6ccccc6ccc5c5ccccc45)ccc32)cc1. The molecule has 0 spiro atoms. The lowest BCUT2D eigenvalue weighted by Crippen LogP contribution is -2.10. The summed E-state index contributed by atoms with van der Waals surface area (Å²) in [4.78, 5) is 2.49. The Morgan fingerprint density at radius 3 is 1.82 bits per heavy atom. The lowest BCUT2D eigenvalue weighted by atomic mass is 9.95. The number of thiophene rings is 1. The number of aromatic nitrogens is 1. The van der Waals surface area contributed by atoms with Gasteiger partial charge < -0.3 is 9.47 Å². The van der Waals surface area contributed by atoms with E-state index in [-0.39, 0.29) is 0 Å². The molecule has 9 aromatic carbocycles. The molecule has 2 heterocycles. The van der Waals surface area contributed by atoms with E-state index in [1.165, 1.54) is 80.0 Å². The van der Waals surface area contributed by atoms with E-state index >= 15 is 0 Å². The van der Waals surface area contributed by atoms with Crippen LogP contribution in [-0.2, 0) is 0 Å². The molecule has 11 aromatic rings. The first-order chi connectivity index (χ1) is 25.3. The average Bonchev–Trinajstić information content (AvgIpc) is 3.73. The maximum absolute atomic E-state index is 2.49. The highest BCUT2D eigenvalue weighted by molar-refractivity contribution is 7.25. The first-order valence-electron chi connectivity index (χ1n) is 17.4. The minimum Gasteiger partial charge on any atom is -0.310 e. The summed E-state index contributed by atoms with van der Waals surface area (Å²) in [6.07, 6.45) is 0. The van der Waals surface area contributed by atoms with Crippen LogP contribution in [-0.4, -0.2) is 4.57 Å². The summed E-state index contributed by atoms with van der Waals surface area (Å²) in [6.45, 7) is 0. The molecular weight excluding hydrogens is 637 g/mol. The number of anilines is 3. The van der Waals surface area contributed by atoms with E-state index in [9.17, 15) is 0 Å². The van der Waals surface area contributed by atoms with Crippen molar-refractivity contribution in [3.63, 3.8) is 0 Å². The lowest BCUT2D eigenvalue weighted by Gasteiger charge is -2.28. The Balaban J connectivity index is 1.25. The third kappa shape index (κ3) is 4.29. The molecule has 0 amide bonds. The third-order valence-corrected chi connectivity index (χ3v) is 11.7. The van der Waals surface area contributed by atoms with Crippen molar-refractivity contribution in [2.45, 2.75) is 0 Å². The molecule has 0 saturated heterocycles. The van der Waals surface area contributed by atoms with E-state index in [1.54, 1.807) is 0 Å². The van der Waals surface area contributed by atoms with E-state index in [0.29, 0.717) is 0 Å². The van der Waals surface area contributed by atoms with Crippen molar-refractivity contribution in [1.29, 1.82) is 0 Å². The minimum absolute atomic E-state index is 1.13. The molecule has 0 fully saturated rings. The van der Waals surface area contributed by atoms with Gasteiger partial charge in [0.25, 0.3) is 0 Å². The number of hydrogen-bond acceptors (Lipinski definition) is 2. The Kier molecular flexibility index (Phi) is 6.16. The topological polar surface area (TPSA) is 8.17 Å². The molecule has 2 nitrogen and oxygen atoms in total. The molecule has 0 atom stereocenters. The second-order valence-electron chi connectivity index (χ2n) is 13.3. The van der Waals surface area contributed by atoms with E-state index in [0.717, 1.165) is 17.1 Å². The third-order valence-electron chi connectivity index (χ3n) is 10.5. The summed E-state index contributed by atoms with van der Waals surface area (Å²) in [5, 5.41) is 12.6. The lowest BCUT2D eigenvalue weighted by molar-refractivity contribution is 1.18. The van der Waals surface area contributed by atoms with Crippen LogP contribution in [0.5, 0.6) is 0 Å². The van der Waals surface area contributed by atoms with E-state index in [1.807, 2.05) is 11.3 Å². The van der Waals surface area contributed by atoms with Crippen LogP contribution in [0.1, 0.15) is 0 Å². The highest BCUT2D eigenvalue weighted by Crippen LogP contribution is 2.46. The molecule has 0 aliphatic carbocycles. The second-order valence-corrected chi connectivity index (χ2v) is 14.4. The summed E-state index contributed by atoms with van der Waals surface area (Å²) in [5.74, 6) is 0. The van der Waals surface area contributed by atoms with Crippen molar-refractivity contribution in [2.24, 2.45) is 0 Å². The van der Waals surface area contributed by atoms with Gasteiger partial charge in [0.2, 0.25) is 0 Å². The summed E-state index contributed by atoms with van der Waals surface area (Å²) < 4.78 is 5.00. The molecule has 0 N–H and O–H groups in total. The molecule has 2 aromatic heterocycles. The number of nitrogens with zero attached hydrogens (tertiary/aromatic N) is 2. The summed E-state index contributed by atoms with van der Waals surface area (Å²) >= 11 is 1.86. The number of rotatable bonds is 4. The fourth-order valence-electron chi connectivity index (χ4n) is 8.26. The Labute approximate surface area is 298 Å². The van der Waals surface area contributed by atoms with E-state index in [2.05, 4.69) is 191 Å². The van der Waals surface area contributed by atoms with Crippen LogP contribution < -0.4 is 4.90 Å². The molecule has 0 saturated carbocycles. The highest BCUT2D eigenvalue weighted by Gasteiger charge is 2.21. The average molecular weight is 667 g/mol. The molecule has 0 aliphatic rings. The molecule has 0 aliphatic heterocycles. The maximum atomic E-state index is 2.49. The summed E-state index contributed by atoms with van der Waals surface area (Å²) in [6, 6.07) is 66.9. The summed E-state index contributed by atoms with van der Waals surface area (Å²) in [5.41, 5.74) is 7.00. The van der Waals surface area contributed by atoms with E-state index < -0.39 is 0 Å². The normalized spacial score (nSPS) is 11.9. The zero-order chi connectivity index (χ0) is 33.5. The van der Waals surface area contributed by atoms with Gasteiger partial charge in [-0.2, -0.15) is 0 Å². The maximum Gasteiger partial charge on any atom is 0.0546 e. The number of para-hydroxylation sites is 2. The van der Waals surface area contributed by atoms with Crippen molar-refractivity contribution in [3.8, 4) is 5.69 Å². The zero-order valence-corrected chi connectivity index (χ0v) is 28.4. The van der Waals surface area contributed by atoms with Gasteiger partial charge in [0, 0.05) is 53.4 Å². The van der Waals surface area contributed by atoms with Gasteiger partial charge in [0.1, 0.15) is 0 Å². The molecule has 0 radical (unpaired) electrons. The molecule has 238 valence electrons. The number of hydrogen-bond donors (Lipinski definition) is 0. The van der Waals surface area contributed by atoms with Gasteiger partial charge in [-0.3, -0.25) is 0 Å².